The minimum absolute atomic E-state index is 0.0565. The number of nitrogens with zero attached hydrogens (tertiary/aromatic N) is 2. The maximum Gasteiger partial charge on any atom is 0.262 e. The zero-order valence-corrected chi connectivity index (χ0v) is 17.0. The molecule has 0 radical (unpaired) electrons. The standard InChI is InChI=1S/C21H23N3O3S/c1-4-13-9-15-19(28-13)22-12-24(20(15)26)11-18(25)23-16-10-21(2,3)27-17-8-6-5-7-14(16)17/h5-9,12,16H,4,10-11H2,1-3H3,(H,23,25)/t16-/m0/s1. The van der Waals surface area contributed by atoms with Gasteiger partial charge in [0.15, 0.2) is 0 Å². The number of hydrogen-bond donors (Lipinski definition) is 1. The van der Waals surface area contributed by atoms with E-state index in [-0.39, 0.29) is 29.7 Å². The van der Waals surface area contributed by atoms with Gasteiger partial charge in [-0.2, -0.15) is 0 Å². The van der Waals surface area contributed by atoms with E-state index in [9.17, 15) is 9.59 Å². The Morgan fingerprint density at radius 1 is 1.39 bits per heavy atom. The van der Waals surface area contributed by atoms with E-state index < -0.39 is 0 Å². The largest absolute Gasteiger partial charge is 0.487 e. The molecule has 28 heavy (non-hydrogen) atoms. The number of ether oxygens (including phenoxy) is 1. The normalized spacial score (nSPS) is 17.8. The van der Waals surface area contributed by atoms with Gasteiger partial charge in [-0.05, 0) is 32.4 Å². The number of aromatic nitrogens is 2. The second-order valence-corrected chi connectivity index (χ2v) is 8.80. The minimum Gasteiger partial charge on any atom is -0.487 e. The van der Waals surface area contributed by atoms with Crippen LogP contribution in [-0.2, 0) is 17.8 Å². The molecule has 0 saturated carbocycles. The van der Waals surface area contributed by atoms with E-state index in [4.69, 9.17) is 4.74 Å². The molecule has 2 aromatic heterocycles. The molecule has 3 heterocycles. The first kappa shape index (κ1) is 18.7. The first-order chi connectivity index (χ1) is 13.4. The molecule has 3 aromatic rings. The van der Waals surface area contributed by atoms with Crippen molar-refractivity contribution in [2.75, 3.05) is 0 Å². The van der Waals surface area contributed by atoms with Gasteiger partial charge in [-0.15, -0.1) is 11.3 Å². The van der Waals surface area contributed by atoms with Gasteiger partial charge in [0.05, 0.1) is 17.8 Å². The lowest BCUT2D eigenvalue weighted by molar-refractivity contribution is -0.123. The average Bonchev–Trinajstić information content (AvgIpc) is 3.07. The van der Waals surface area contributed by atoms with Crippen molar-refractivity contribution in [1.29, 1.82) is 0 Å². The molecule has 146 valence electrons. The fourth-order valence-electron chi connectivity index (χ4n) is 3.62. The Morgan fingerprint density at radius 3 is 2.96 bits per heavy atom. The summed E-state index contributed by atoms with van der Waals surface area (Å²) in [6.45, 7) is 6.00. The summed E-state index contributed by atoms with van der Waals surface area (Å²) in [4.78, 5) is 31.6. The van der Waals surface area contributed by atoms with Gasteiger partial charge in [0.2, 0.25) is 5.91 Å². The molecule has 0 aliphatic carbocycles. The van der Waals surface area contributed by atoms with Gasteiger partial charge in [-0.25, -0.2) is 4.98 Å². The fourth-order valence-corrected chi connectivity index (χ4v) is 4.55. The number of thiophene rings is 1. The van der Waals surface area contributed by atoms with Crippen LogP contribution in [0.25, 0.3) is 10.2 Å². The second kappa shape index (κ2) is 7.05. The van der Waals surface area contributed by atoms with Crippen LogP contribution in [0.2, 0.25) is 0 Å². The van der Waals surface area contributed by atoms with Crippen LogP contribution in [-0.4, -0.2) is 21.1 Å². The SMILES string of the molecule is CCc1cc2c(=O)n(CC(=O)N[C@H]3CC(C)(C)Oc4ccccc43)cnc2s1. The molecule has 0 unspecified atom stereocenters. The van der Waals surface area contributed by atoms with Crippen LogP contribution < -0.4 is 15.6 Å². The molecule has 4 rings (SSSR count). The summed E-state index contributed by atoms with van der Waals surface area (Å²) in [5.74, 6) is 0.571. The highest BCUT2D eigenvalue weighted by Gasteiger charge is 2.34. The van der Waals surface area contributed by atoms with Crippen LogP contribution in [0, 0.1) is 0 Å². The van der Waals surface area contributed by atoms with Gasteiger partial charge in [-0.1, -0.05) is 25.1 Å². The molecule has 1 amide bonds. The van der Waals surface area contributed by atoms with E-state index in [0.29, 0.717) is 11.8 Å². The number of rotatable bonds is 4. The smallest absolute Gasteiger partial charge is 0.262 e. The number of carbonyl (C=O) groups is 1. The summed E-state index contributed by atoms with van der Waals surface area (Å²) < 4.78 is 7.39. The van der Waals surface area contributed by atoms with E-state index in [1.165, 1.54) is 22.2 Å². The molecule has 6 nitrogen and oxygen atoms in total. The molecule has 1 aromatic carbocycles. The van der Waals surface area contributed by atoms with E-state index in [1.807, 2.05) is 51.1 Å². The Morgan fingerprint density at radius 2 is 2.18 bits per heavy atom. The van der Waals surface area contributed by atoms with Crippen LogP contribution >= 0.6 is 11.3 Å². The van der Waals surface area contributed by atoms with Crippen molar-refractivity contribution >= 4 is 27.5 Å². The first-order valence-electron chi connectivity index (χ1n) is 9.41. The van der Waals surface area contributed by atoms with Gasteiger partial charge in [-0.3, -0.25) is 14.2 Å². The van der Waals surface area contributed by atoms with Crippen LogP contribution in [0.4, 0.5) is 0 Å². The van der Waals surface area contributed by atoms with Crippen molar-refractivity contribution in [3.8, 4) is 5.75 Å². The molecule has 7 heteroatoms. The summed E-state index contributed by atoms with van der Waals surface area (Å²) in [6.07, 6.45) is 2.98. The van der Waals surface area contributed by atoms with Crippen LogP contribution in [0.5, 0.6) is 5.75 Å². The molecule has 0 fully saturated rings. The van der Waals surface area contributed by atoms with E-state index >= 15 is 0 Å². The first-order valence-corrected chi connectivity index (χ1v) is 10.2. The number of fused-ring (bicyclic) bond motifs is 2. The summed E-state index contributed by atoms with van der Waals surface area (Å²) in [7, 11) is 0. The molecular weight excluding hydrogens is 374 g/mol. The zero-order chi connectivity index (χ0) is 19.9. The number of amides is 1. The van der Waals surface area contributed by atoms with Crippen molar-refractivity contribution in [2.45, 2.75) is 51.8 Å². The summed E-state index contributed by atoms with van der Waals surface area (Å²) in [5.41, 5.74) is 0.405. The number of nitrogens with one attached hydrogen (secondary N) is 1. The monoisotopic (exact) mass is 397 g/mol. The van der Waals surface area contributed by atoms with Crippen molar-refractivity contribution in [3.05, 3.63) is 57.5 Å². The van der Waals surface area contributed by atoms with Crippen molar-refractivity contribution in [3.63, 3.8) is 0 Å². The lowest BCUT2D eigenvalue weighted by Crippen LogP contribution is -2.42. The molecule has 0 spiro atoms. The van der Waals surface area contributed by atoms with Gasteiger partial charge < -0.3 is 10.1 Å². The highest BCUT2D eigenvalue weighted by molar-refractivity contribution is 7.18. The Labute approximate surface area is 167 Å². The zero-order valence-electron chi connectivity index (χ0n) is 16.2. The molecule has 1 aliphatic heterocycles. The highest BCUT2D eigenvalue weighted by atomic mass is 32.1. The Balaban J connectivity index is 1.56. The second-order valence-electron chi connectivity index (χ2n) is 7.69. The fraction of sp³-hybridized carbons (Fsp3) is 0.381. The van der Waals surface area contributed by atoms with Crippen molar-refractivity contribution < 1.29 is 9.53 Å². The third-order valence-electron chi connectivity index (χ3n) is 4.94. The molecule has 0 saturated heterocycles. The average molecular weight is 398 g/mol. The predicted octanol–water partition coefficient (Wildman–Crippen LogP) is 3.44. The van der Waals surface area contributed by atoms with Crippen LogP contribution in [0.3, 0.4) is 0 Å². The van der Waals surface area contributed by atoms with Crippen molar-refractivity contribution in [1.82, 2.24) is 14.9 Å². The minimum atomic E-state index is -0.378. The third-order valence-corrected chi connectivity index (χ3v) is 6.13. The Bertz CT molecular complexity index is 1100. The van der Waals surface area contributed by atoms with Gasteiger partial charge in [0.25, 0.3) is 5.56 Å². The van der Waals surface area contributed by atoms with E-state index in [1.54, 1.807) is 0 Å². The summed E-state index contributed by atoms with van der Waals surface area (Å²) in [6, 6.07) is 9.45. The molecule has 1 aliphatic rings. The number of hydrogen-bond acceptors (Lipinski definition) is 5. The Kier molecular flexibility index (Phi) is 4.71. The molecule has 0 bridgehead atoms. The molecular formula is C21H23N3O3S. The van der Waals surface area contributed by atoms with Gasteiger partial charge in [0, 0.05) is 16.9 Å². The third kappa shape index (κ3) is 3.54. The van der Waals surface area contributed by atoms with Crippen LogP contribution in [0.1, 0.15) is 43.7 Å². The van der Waals surface area contributed by atoms with E-state index in [0.717, 1.165) is 27.4 Å². The lowest BCUT2D eigenvalue weighted by atomic mass is 9.89. The number of para-hydroxylation sites is 1. The predicted molar refractivity (Wildman–Crippen MR) is 110 cm³/mol. The molecule has 1 N–H and O–H groups in total. The van der Waals surface area contributed by atoms with Gasteiger partial charge in [0.1, 0.15) is 22.7 Å². The molecule has 1 atom stereocenters. The summed E-state index contributed by atoms with van der Waals surface area (Å²) >= 11 is 1.52. The van der Waals surface area contributed by atoms with Crippen LogP contribution in [0.15, 0.2) is 41.5 Å². The lowest BCUT2D eigenvalue weighted by Gasteiger charge is -2.37. The summed E-state index contributed by atoms with van der Waals surface area (Å²) in [5, 5.41) is 3.65. The maximum atomic E-state index is 12.7. The number of benzene rings is 1. The van der Waals surface area contributed by atoms with Gasteiger partial charge >= 0.3 is 0 Å². The highest BCUT2D eigenvalue weighted by Crippen LogP contribution is 2.39. The quantitative estimate of drug-likeness (QED) is 0.732. The maximum absolute atomic E-state index is 12.7. The van der Waals surface area contributed by atoms with Crippen molar-refractivity contribution in [2.24, 2.45) is 0 Å². The number of carbonyl (C=O) groups excluding carboxylic acids is 1. The van der Waals surface area contributed by atoms with E-state index in [2.05, 4.69) is 10.3 Å². The Hall–Kier alpha value is -2.67. The topological polar surface area (TPSA) is 73.2 Å². The number of aryl methyl sites for hydroxylation is 1.